The van der Waals surface area contributed by atoms with Gasteiger partial charge in [0.2, 0.25) is 0 Å². The summed E-state index contributed by atoms with van der Waals surface area (Å²) in [6, 6.07) is 10.5. The molecule has 1 N–H and O–H groups in total. The summed E-state index contributed by atoms with van der Waals surface area (Å²) in [4.78, 5) is 32.4. The molecule has 13 heteroatoms. The molecular formula is C25H31N5O7S. The second-order valence-electron chi connectivity index (χ2n) is 9.27. The van der Waals surface area contributed by atoms with Crippen LogP contribution in [0.1, 0.15) is 32.6 Å². The van der Waals surface area contributed by atoms with Crippen LogP contribution in [0, 0.1) is 0 Å². The van der Waals surface area contributed by atoms with Crippen molar-refractivity contribution in [3.63, 3.8) is 0 Å². The third kappa shape index (κ3) is 6.11. The number of nitrogens with one attached hydrogen (secondary N) is 1. The molecule has 38 heavy (non-hydrogen) atoms. The summed E-state index contributed by atoms with van der Waals surface area (Å²) >= 11 is 0. The largest absolute Gasteiger partial charge is 0.479 e. The van der Waals surface area contributed by atoms with Gasteiger partial charge in [-0.1, -0.05) is 12.1 Å². The van der Waals surface area contributed by atoms with Gasteiger partial charge in [0.05, 0.1) is 12.8 Å². The van der Waals surface area contributed by atoms with Gasteiger partial charge in [0.1, 0.15) is 6.20 Å². The van der Waals surface area contributed by atoms with Crippen molar-refractivity contribution < 1.29 is 27.5 Å². The summed E-state index contributed by atoms with van der Waals surface area (Å²) in [5, 5.41) is 8.31. The van der Waals surface area contributed by atoms with Crippen LogP contribution < -0.4 is 15.8 Å². The van der Waals surface area contributed by atoms with Gasteiger partial charge in [-0.05, 0) is 55.5 Å². The van der Waals surface area contributed by atoms with E-state index in [0.29, 0.717) is 24.5 Å². The Bertz CT molecular complexity index is 1430. The molecular weight excluding hydrogens is 514 g/mol. The molecule has 0 saturated carbocycles. The van der Waals surface area contributed by atoms with Crippen molar-refractivity contribution in [2.75, 3.05) is 20.0 Å². The molecule has 12 nitrogen and oxygen atoms in total. The molecule has 1 aromatic carbocycles. The smallest absolute Gasteiger partial charge is 0.264 e. The van der Waals surface area contributed by atoms with E-state index in [2.05, 4.69) is 15.7 Å². The number of ether oxygens (including phenoxy) is 2. The Morgan fingerprint density at radius 2 is 1.97 bits per heavy atom. The van der Waals surface area contributed by atoms with Gasteiger partial charge in [0.15, 0.2) is 20.9 Å². The molecule has 1 unspecified atom stereocenters. The van der Waals surface area contributed by atoms with Crippen LogP contribution in [0.2, 0.25) is 0 Å². The number of hydrogen-bond donors (Lipinski definition) is 1. The van der Waals surface area contributed by atoms with E-state index in [0.717, 1.165) is 30.3 Å². The van der Waals surface area contributed by atoms with Crippen molar-refractivity contribution in [1.82, 2.24) is 25.0 Å². The first-order chi connectivity index (χ1) is 18.1. The minimum atomic E-state index is -3.85. The van der Waals surface area contributed by atoms with Crippen molar-refractivity contribution in [1.29, 1.82) is 0 Å². The van der Waals surface area contributed by atoms with Crippen molar-refractivity contribution >= 4 is 15.7 Å². The Morgan fingerprint density at radius 1 is 1.21 bits per heavy atom. The van der Waals surface area contributed by atoms with E-state index in [1.165, 1.54) is 35.7 Å². The average Bonchev–Trinajstić information content (AvgIpc) is 3.40. The topological polar surface area (TPSA) is 144 Å². The first kappa shape index (κ1) is 27.5. The highest BCUT2D eigenvalue weighted by Gasteiger charge is 2.44. The van der Waals surface area contributed by atoms with Crippen LogP contribution in [0.3, 0.4) is 0 Å². The minimum absolute atomic E-state index is 0.0156. The van der Waals surface area contributed by atoms with Gasteiger partial charge in [-0.2, -0.15) is 5.10 Å². The first-order valence-corrected chi connectivity index (χ1v) is 14.0. The van der Waals surface area contributed by atoms with Crippen molar-refractivity contribution in [3.05, 3.63) is 59.1 Å². The van der Waals surface area contributed by atoms with Gasteiger partial charge < -0.3 is 14.0 Å². The van der Waals surface area contributed by atoms with Gasteiger partial charge in [0, 0.05) is 38.1 Å². The zero-order valence-electron chi connectivity index (χ0n) is 21.5. The third-order valence-corrected chi connectivity index (χ3v) is 8.68. The van der Waals surface area contributed by atoms with Crippen molar-refractivity contribution in [2.45, 2.75) is 50.2 Å². The molecule has 204 valence electrons. The molecule has 4 rings (SSSR count). The highest BCUT2D eigenvalue weighted by molar-refractivity contribution is 7.92. The van der Waals surface area contributed by atoms with E-state index in [4.69, 9.17) is 14.3 Å². The number of carbonyl (C=O) groups excluding carboxylic acids is 1. The molecule has 2 atom stereocenters. The Balaban J connectivity index is 1.44. The third-order valence-electron chi connectivity index (χ3n) is 6.66. The van der Waals surface area contributed by atoms with E-state index in [1.807, 2.05) is 24.3 Å². The number of hydroxylamine groups is 1. The number of amides is 1. The number of carbonyl (C=O) groups is 1. The summed E-state index contributed by atoms with van der Waals surface area (Å²) in [7, 11) is -2.33. The number of methoxy groups -OCH3 is 1. The molecule has 1 saturated heterocycles. The highest BCUT2D eigenvalue weighted by Crippen LogP contribution is 2.24. The number of sulfone groups is 1. The minimum Gasteiger partial charge on any atom is -0.479 e. The van der Waals surface area contributed by atoms with Crippen LogP contribution in [0.4, 0.5) is 0 Å². The monoisotopic (exact) mass is 545 g/mol. The normalized spacial score (nSPS) is 17.5. The highest BCUT2D eigenvalue weighted by atomic mass is 32.2. The van der Waals surface area contributed by atoms with E-state index in [1.54, 1.807) is 12.3 Å². The molecule has 1 aliphatic rings. The van der Waals surface area contributed by atoms with E-state index in [9.17, 15) is 18.0 Å². The predicted molar refractivity (Wildman–Crippen MR) is 138 cm³/mol. The summed E-state index contributed by atoms with van der Waals surface area (Å²) in [6.07, 6.45) is 5.75. The summed E-state index contributed by atoms with van der Waals surface area (Å²) in [5.74, 6) is -0.406. The molecule has 3 aromatic rings. The van der Waals surface area contributed by atoms with Gasteiger partial charge in [-0.3, -0.25) is 9.59 Å². The number of benzene rings is 1. The van der Waals surface area contributed by atoms with Crippen LogP contribution in [-0.2, 0) is 30.8 Å². The fourth-order valence-electron chi connectivity index (χ4n) is 3.96. The Hall–Kier alpha value is -3.55. The van der Waals surface area contributed by atoms with Gasteiger partial charge in [0.25, 0.3) is 17.3 Å². The molecule has 1 aliphatic heterocycles. The fraction of sp³-hybridized carbons (Fsp3) is 0.440. The Morgan fingerprint density at radius 3 is 2.58 bits per heavy atom. The van der Waals surface area contributed by atoms with E-state index in [-0.39, 0.29) is 18.5 Å². The molecule has 3 heterocycles. The maximum absolute atomic E-state index is 12.9. The molecule has 0 radical (unpaired) electrons. The maximum Gasteiger partial charge on any atom is 0.264 e. The van der Waals surface area contributed by atoms with Crippen LogP contribution in [0.5, 0.6) is 5.88 Å². The molecule has 0 bridgehead atoms. The number of aromatic nitrogens is 4. The standard InChI is InChI=1S/C25H31N5O7S/c1-25(38(3,33)34,24(32)28-37-23-6-4-5-15-36-23)12-14-29-13-11-19(16-22(29)31)18-7-9-20(10-8-18)30-26-17-21(27-30)35-2/h7-11,13,16-17,23H,4-6,12,14-15H2,1-3H3,(H,28,32)/t23?,25-/m1/s1. The molecule has 0 aliphatic carbocycles. The molecule has 0 spiro atoms. The van der Waals surface area contributed by atoms with Crippen LogP contribution in [0.15, 0.2) is 53.6 Å². The number of nitrogens with zero attached hydrogens (tertiary/aromatic N) is 4. The summed E-state index contributed by atoms with van der Waals surface area (Å²) < 4.78 is 35.2. The molecule has 1 amide bonds. The van der Waals surface area contributed by atoms with Crippen LogP contribution >= 0.6 is 0 Å². The number of hydrogen-bond acceptors (Lipinski definition) is 9. The van der Waals surface area contributed by atoms with Gasteiger partial charge in [-0.15, -0.1) is 9.90 Å². The summed E-state index contributed by atoms with van der Waals surface area (Å²) in [6.45, 7) is 1.86. The molecule has 1 fully saturated rings. The zero-order valence-corrected chi connectivity index (χ0v) is 22.3. The number of pyridine rings is 1. The summed E-state index contributed by atoms with van der Waals surface area (Å²) in [5.41, 5.74) is 4.15. The lowest BCUT2D eigenvalue weighted by molar-refractivity contribution is -0.201. The lowest BCUT2D eigenvalue weighted by Gasteiger charge is -2.28. The maximum atomic E-state index is 12.9. The lowest BCUT2D eigenvalue weighted by atomic mass is 10.1. The quantitative estimate of drug-likeness (QED) is 0.378. The van der Waals surface area contributed by atoms with Gasteiger partial charge >= 0.3 is 0 Å². The Labute approximate surface area is 220 Å². The lowest BCUT2D eigenvalue weighted by Crippen LogP contribution is -2.51. The molecule has 2 aromatic heterocycles. The fourth-order valence-corrected chi connectivity index (χ4v) is 4.80. The second kappa shape index (κ2) is 11.5. The van der Waals surface area contributed by atoms with Crippen molar-refractivity contribution in [3.8, 4) is 22.7 Å². The van der Waals surface area contributed by atoms with Crippen LogP contribution in [0.25, 0.3) is 16.8 Å². The number of rotatable bonds is 10. The zero-order chi connectivity index (χ0) is 27.3. The van der Waals surface area contributed by atoms with Crippen molar-refractivity contribution in [2.24, 2.45) is 0 Å². The SMILES string of the molecule is COc1cnn(-c2ccc(-c3ccn(CC[C@](C)(C(=O)NOC4CCCCO4)S(C)(=O)=O)c(=O)c3)cc2)n1. The van der Waals surface area contributed by atoms with Gasteiger partial charge in [-0.25, -0.2) is 18.7 Å². The van der Waals surface area contributed by atoms with E-state index >= 15 is 0 Å². The van der Waals surface area contributed by atoms with Crippen LogP contribution in [-0.4, -0.2) is 64.9 Å². The predicted octanol–water partition coefficient (Wildman–Crippen LogP) is 1.87. The number of aryl methyl sites for hydroxylation is 1. The Kier molecular flexibility index (Phi) is 8.29. The van der Waals surface area contributed by atoms with E-state index < -0.39 is 26.8 Å². The second-order valence-corrected chi connectivity index (χ2v) is 11.7. The average molecular weight is 546 g/mol. The first-order valence-electron chi connectivity index (χ1n) is 12.2.